The predicted molar refractivity (Wildman–Crippen MR) is 112 cm³/mol. The Morgan fingerprint density at radius 2 is 2.00 bits per heavy atom. The van der Waals surface area contributed by atoms with Crippen molar-refractivity contribution in [3.05, 3.63) is 35.6 Å². The van der Waals surface area contributed by atoms with Crippen molar-refractivity contribution >= 4 is 24.1 Å². The van der Waals surface area contributed by atoms with Crippen molar-refractivity contribution in [2.75, 3.05) is 41.4 Å². The molecule has 150 valence electrons. The molecule has 1 saturated heterocycles. The summed E-state index contributed by atoms with van der Waals surface area (Å²) >= 11 is 0. The molecule has 3 rings (SSSR count). The molecule has 0 amide bonds. The minimum Gasteiger partial charge on any atom is -0.341 e. The summed E-state index contributed by atoms with van der Waals surface area (Å²) < 4.78 is 13.3. The molecule has 0 bridgehead atoms. The molecule has 8 heteroatoms. The summed E-state index contributed by atoms with van der Waals surface area (Å²) in [7, 11) is 0. The first-order chi connectivity index (χ1) is 13.7. The van der Waals surface area contributed by atoms with Crippen LogP contribution in [0.4, 0.5) is 22.2 Å². The second-order valence-corrected chi connectivity index (χ2v) is 6.81. The highest BCUT2D eigenvalue weighted by Gasteiger charge is 2.18. The fourth-order valence-electron chi connectivity index (χ4n) is 3.20. The van der Waals surface area contributed by atoms with Gasteiger partial charge in [-0.2, -0.15) is 20.1 Å². The molecule has 0 aliphatic carbocycles. The largest absolute Gasteiger partial charge is 0.341 e. The van der Waals surface area contributed by atoms with E-state index in [2.05, 4.69) is 44.1 Å². The second kappa shape index (κ2) is 9.96. The minimum atomic E-state index is -0.295. The van der Waals surface area contributed by atoms with E-state index in [1.165, 1.54) is 18.6 Å². The second-order valence-electron chi connectivity index (χ2n) is 6.81. The molecule has 0 unspecified atom stereocenters. The molecule has 1 fully saturated rings. The van der Waals surface area contributed by atoms with E-state index in [0.29, 0.717) is 23.4 Å². The molecule has 1 aliphatic heterocycles. The molecule has 0 atom stereocenters. The number of hydrazone groups is 1. The van der Waals surface area contributed by atoms with Crippen LogP contribution in [0, 0.1) is 5.82 Å². The van der Waals surface area contributed by atoms with Crippen LogP contribution in [0.2, 0.25) is 0 Å². The number of anilines is 3. The lowest BCUT2D eigenvalue weighted by atomic mass is 10.1. The zero-order valence-electron chi connectivity index (χ0n) is 16.6. The van der Waals surface area contributed by atoms with E-state index >= 15 is 0 Å². The van der Waals surface area contributed by atoms with Crippen molar-refractivity contribution in [1.82, 2.24) is 15.0 Å². The van der Waals surface area contributed by atoms with Gasteiger partial charge in [0.25, 0.3) is 0 Å². The Balaban J connectivity index is 1.83. The van der Waals surface area contributed by atoms with Crippen LogP contribution in [0.25, 0.3) is 0 Å². The Labute approximate surface area is 165 Å². The fraction of sp³-hybridized carbons (Fsp3) is 0.500. The van der Waals surface area contributed by atoms with Crippen LogP contribution in [-0.2, 0) is 0 Å². The molecule has 0 radical (unpaired) electrons. The summed E-state index contributed by atoms with van der Waals surface area (Å²) in [6.07, 6.45) is 6.10. The van der Waals surface area contributed by atoms with Crippen molar-refractivity contribution in [2.45, 2.75) is 39.5 Å². The normalized spacial score (nSPS) is 14.5. The molecule has 0 saturated carbocycles. The third-order valence-electron chi connectivity index (χ3n) is 4.64. The molecule has 2 heterocycles. The summed E-state index contributed by atoms with van der Waals surface area (Å²) in [5, 5.41) is 4.18. The molecule has 28 heavy (non-hydrogen) atoms. The Kier molecular flexibility index (Phi) is 7.11. The fourth-order valence-corrected chi connectivity index (χ4v) is 3.20. The van der Waals surface area contributed by atoms with E-state index in [9.17, 15) is 4.39 Å². The molecular formula is C20H28FN7. The maximum absolute atomic E-state index is 13.3. The number of nitrogens with zero attached hydrogens (tertiary/aromatic N) is 6. The molecule has 0 spiro atoms. The summed E-state index contributed by atoms with van der Waals surface area (Å²) in [5.41, 5.74) is 3.55. The monoisotopic (exact) mass is 385 g/mol. The van der Waals surface area contributed by atoms with Crippen LogP contribution in [0.15, 0.2) is 29.4 Å². The predicted octanol–water partition coefficient (Wildman–Crippen LogP) is 3.68. The van der Waals surface area contributed by atoms with Crippen molar-refractivity contribution in [3.8, 4) is 0 Å². The van der Waals surface area contributed by atoms with Crippen LogP contribution >= 0.6 is 0 Å². The van der Waals surface area contributed by atoms with Crippen LogP contribution in [-0.4, -0.2) is 47.3 Å². The zero-order chi connectivity index (χ0) is 19.8. The van der Waals surface area contributed by atoms with Gasteiger partial charge >= 0.3 is 0 Å². The number of rotatable bonds is 8. The Morgan fingerprint density at radius 1 is 1.18 bits per heavy atom. The number of piperidine rings is 1. The van der Waals surface area contributed by atoms with Gasteiger partial charge in [0, 0.05) is 26.2 Å². The lowest BCUT2D eigenvalue weighted by Gasteiger charge is -2.28. The summed E-state index contributed by atoms with van der Waals surface area (Å²) in [5.74, 6) is 1.44. The van der Waals surface area contributed by atoms with Crippen molar-refractivity contribution in [1.29, 1.82) is 0 Å². The Bertz CT molecular complexity index is 767. The quantitative estimate of drug-likeness (QED) is 0.552. The van der Waals surface area contributed by atoms with E-state index in [0.717, 1.165) is 45.4 Å². The van der Waals surface area contributed by atoms with Gasteiger partial charge in [-0.3, -0.25) is 0 Å². The van der Waals surface area contributed by atoms with E-state index in [4.69, 9.17) is 4.98 Å². The van der Waals surface area contributed by atoms with Gasteiger partial charge < -0.3 is 9.80 Å². The lowest BCUT2D eigenvalue weighted by Crippen LogP contribution is -2.33. The first-order valence-corrected chi connectivity index (χ1v) is 10.00. The molecule has 2 aromatic rings. The average molecular weight is 385 g/mol. The molecular weight excluding hydrogens is 357 g/mol. The topological polar surface area (TPSA) is 69.5 Å². The standard InChI is InChI=1S/C20H28FN7/c1-3-11-27(4-2)19-23-18(24-20(25-19)28-12-6-5-7-13-28)26-22-15-16-9-8-10-17(21)14-16/h8-10,14-15H,3-7,11-13H2,1-2H3,(H,23,24,25,26)/b22-15+. The van der Waals surface area contributed by atoms with Crippen molar-refractivity contribution in [2.24, 2.45) is 5.10 Å². The lowest BCUT2D eigenvalue weighted by molar-refractivity contribution is 0.567. The minimum absolute atomic E-state index is 0.295. The number of halogens is 1. The Hall–Kier alpha value is -2.77. The molecule has 1 aromatic heterocycles. The number of benzene rings is 1. The molecule has 1 aliphatic rings. The number of nitrogens with one attached hydrogen (secondary N) is 1. The van der Waals surface area contributed by atoms with Gasteiger partial charge in [0.05, 0.1) is 6.21 Å². The van der Waals surface area contributed by atoms with Crippen LogP contribution in [0.1, 0.15) is 45.1 Å². The summed E-state index contributed by atoms with van der Waals surface area (Å²) in [6.45, 7) is 7.84. The maximum Gasteiger partial charge on any atom is 0.250 e. The highest BCUT2D eigenvalue weighted by atomic mass is 19.1. The van der Waals surface area contributed by atoms with E-state index in [-0.39, 0.29) is 5.82 Å². The third kappa shape index (κ3) is 5.37. The highest BCUT2D eigenvalue weighted by molar-refractivity contribution is 5.79. The van der Waals surface area contributed by atoms with E-state index < -0.39 is 0 Å². The van der Waals surface area contributed by atoms with Crippen LogP contribution in [0.3, 0.4) is 0 Å². The van der Waals surface area contributed by atoms with Gasteiger partial charge in [0.2, 0.25) is 17.8 Å². The first-order valence-electron chi connectivity index (χ1n) is 10.00. The van der Waals surface area contributed by atoms with Gasteiger partial charge in [-0.25, -0.2) is 9.82 Å². The molecule has 1 aromatic carbocycles. The van der Waals surface area contributed by atoms with Gasteiger partial charge in [-0.1, -0.05) is 19.1 Å². The Morgan fingerprint density at radius 3 is 2.71 bits per heavy atom. The number of hydrogen-bond donors (Lipinski definition) is 1. The van der Waals surface area contributed by atoms with Gasteiger partial charge in [0.1, 0.15) is 5.82 Å². The number of hydrogen-bond acceptors (Lipinski definition) is 7. The maximum atomic E-state index is 13.3. The number of aromatic nitrogens is 3. The smallest absolute Gasteiger partial charge is 0.250 e. The molecule has 7 nitrogen and oxygen atoms in total. The summed E-state index contributed by atoms with van der Waals surface area (Å²) in [4.78, 5) is 18.2. The molecule has 1 N–H and O–H groups in total. The van der Waals surface area contributed by atoms with E-state index in [1.807, 2.05) is 0 Å². The zero-order valence-corrected chi connectivity index (χ0v) is 16.6. The highest BCUT2D eigenvalue weighted by Crippen LogP contribution is 2.20. The van der Waals surface area contributed by atoms with E-state index in [1.54, 1.807) is 18.3 Å². The van der Waals surface area contributed by atoms with Gasteiger partial charge in [-0.15, -0.1) is 0 Å². The van der Waals surface area contributed by atoms with Crippen molar-refractivity contribution < 1.29 is 4.39 Å². The SMILES string of the molecule is CCCN(CC)c1nc(N/N=C/c2cccc(F)c2)nc(N2CCCCC2)n1. The van der Waals surface area contributed by atoms with Crippen LogP contribution in [0.5, 0.6) is 0 Å². The summed E-state index contributed by atoms with van der Waals surface area (Å²) in [6, 6.07) is 6.26. The van der Waals surface area contributed by atoms with Gasteiger partial charge in [0.15, 0.2) is 0 Å². The average Bonchev–Trinajstić information content (AvgIpc) is 2.72. The van der Waals surface area contributed by atoms with Gasteiger partial charge in [-0.05, 0) is 50.3 Å². The third-order valence-corrected chi connectivity index (χ3v) is 4.64. The van der Waals surface area contributed by atoms with Crippen LogP contribution < -0.4 is 15.2 Å². The first kappa shape index (κ1) is 20.0. The van der Waals surface area contributed by atoms with Crippen molar-refractivity contribution in [3.63, 3.8) is 0 Å².